The molecule has 1 aliphatic rings. The van der Waals surface area contributed by atoms with Crippen molar-refractivity contribution >= 4 is 51.0 Å². The van der Waals surface area contributed by atoms with Crippen molar-refractivity contribution in [3.05, 3.63) is 64.7 Å². The quantitative estimate of drug-likeness (QED) is 0.178. The molecule has 0 saturated heterocycles. The molecule has 1 heterocycles. The van der Waals surface area contributed by atoms with Gasteiger partial charge in [-0.05, 0) is 36.8 Å². The number of rotatable bonds is 9. The van der Waals surface area contributed by atoms with E-state index in [0.29, 0.717) is 21.8 Å². The minimum absolute atomic E-state index is 0.0828. The van der Waals surface area contributed by atoms with Gasteiger partial charge in [0, 0.05) is 36.9 Å². The Kier molecular flexibility index (Phi) is 9.67. The Balaban J connectivity index is 1.93. The number of nitrogens with zero attached hydrogens (tertiary/aromatic N) is 4. The molecule has 1 unspecified atom stereocenters. The van der Waals surface area contributed by atoms with Crippen molar-refractivity contribution in [1.82, 2.24) is 14.0 Å². The van der Waals surface area contributed by atoms with E-state index in [-0.39, 0.29) is 31.4 Å². The lowest BCUT2D eigenvalue weighted by molar-refractivity contribution is -0.145. The Hall–Kier alpha value is -3.52. The van der Waals surface area contributed by atoms with Gasteiger partial charge in [0.15, 0.2) is 5.60 Å². The molecule has 1 aliphatic heterocycles. The standard InChI is InChI=1S/C25H31ClN6O6S/c1-5-31(4)39(36,37)30-24(27-3)32-16-25(35,23(29-32)17-7-11-19(26)12-8-17)18-9-13-20(14-10-18)28-21(33)15-22(34)38-6-2/h7-14,35H,5-6,15-16H2,1-4H3,(H,27,30)(H,28,33). The summed E-state index contributed by atoms with van der Waals surface area (Å²) in [5.41, 5.74) is -0.0734. The molecule has 12 nitrogen and oxygen atoms in total. The van der Waals surface area contributed by atoms with Crippen LogP contribution >= 0.6 is 11.6 Å². The number of carbonyl (C=O) groups excluding carboxylic acids is 2. The van der Waals surface area contributed by atoms with Crippen molar-refractivity contribution in [1.29, 1.82) is 0 Å². The van der Waals surface area contributed by atoms with Gasteiger partial charge in [-0.25, -0.2) is 9.73 Å². The number of hydrogen-bond donors (Lipinski definition) is 3. The number of benzene rings is 2. The lowest BCUT2D eigenvalue weighted by Crippen LogP contribution is -2.48. The molecule has 2 aromatic rings. The molecule has 3 N–H and O–H groups in total. The summed E-state index contributed by atoms with van der Waals surface area (Å²) in [5.74, 6) is -1.26. The maximum atomic E-state index is 12.7. The SMILES string of the molecule is CCOC(=O)CC(=O)Nc1ccc(C2(O)CN(C(=NC)NS(=O)(=O)N(C)CC)N=C2c2ccc(Cl)cc2)cc1. The molecule has 14 heteroatoms. The molecule has 39 heavy (non-hydrogen) atoms. The van der Waals surface area contributed by atoms with E-state index < -0.39 is 34.1 Å². The fourth-order valence-corrected chi connectivity index (χ4v) is 4.79. The number of hydrazone groups is 1. The number of esters is 1. The number of guanidine groups is 1. The number of aliphatic imine (C=N–C) groups is 1. The van der Waals surface area contributed by atoms with Crippen LogP contribution in [-0.2, 0) is 30.1 Å². The lowest BCUT2D eigenvalue weighted by atomic mass is 9.86. The number of aliphatic hydroxyl groups is 1. The highest BCUT2D eigenvalue weighted by Gasteiger charge is 2.45. The van der Waals surface area contributed by atoms with Gasteiger partial charge in [-0.3, -0.25) is 14.6 Å². The van der Waals surface area contributed by atoms with Crippen LogP contribution in [0.4, 0.5) is 5.69 Å². The Labute approximate surface area is 232 Å². The van der Waals surface area contributed by atoms with Crippen molar-refractivity contribution in [2.45, 2.75) is 25.9 Å². The van der Waals surface area contributed by atoms with Gasteiger partial charge in [-0.2, -0.15) is 17.8 Å². The van der Waals surface area contributed by atoms with E-state index in [2.05, 4.69) is 20.1 Å². The number of nitrogens with one attached hydrogen (secondary N) is 2. The van der Waals surface area contributed by atoms with E-state index >= 15 is 0 Å². The number of carbonyl (C=O) groups is 2. The number of amides is 1. The predicted octanol–water partition coefficient (Wildman–Crippen LogP) is 1.91. The monoisotopic (exact) mass is 578 g/mol. The zero-order valence-electron chi connectivity index (χ0n) is 22.0. The van der Waals surface area contributed by atoms with Crippen LogP contribution < -0.4 is 10.0 Å². The molecule has 210 valence electrons. The third-order valence-electron chi connectivity index (χ3n) is 5.90. The van der Waals surface area contributed by atoms with Crippen molar-refractivity contribution in [2.24, 2.45) is 10.1 Å². The molecule has 0 aliphatic carbocycles. The van der Waals surface area contributed by atoms with E-state index in [1.54, 1.807) is 62.4 Å². The van der Waals surface area contributed by atoms with Crippen molar-refractivity contribution in [3.63, 3.8) is 0 Å². The molecule has 1 atom stereocenters. The fourth-order valence-electron chi connectivity index (χ4n) is 3.74. The van der Waals surface area contributed by atoms with Crippen molar-refractivity contribution in [3.8, 4) is 0 Å². The summed E-state index contributed by atoms with van der Waals surface area (Å²) in [5, 5.41) is 20.9. The molecule has 3 rings (SSSR count). The van der Waals surface area contributed by atoms with Gasteiger partial charge < -0.3 is 15.2 Å². The molecular weight excluding hydrogens is 548 g/mol. The van der Waals surface area contributed by atoms with Gasteiger partial charge in [0.05, 0.1) is 13.2 Å². The van der Waals surface area contributed by atoms with E-state index in [1.807, 2.05) is 0 Å². The second-order valence-electron chi connectivity index (χ2n) is 8.55. The molecule has 0 aromatic heterocycles. The maximum Gasteiger partial charge on any atom is 0.315 e. The van der Waals surface area contributed by atoms with Crippen molar-refractivity contribution in [2.75, 3.05) is 39.1 Å². The van der Waals surface area contributed by atoms with Crippen LogP contribution in [-0.4, -0.2) is 80.2 Å². The highest BCUT2D eigenvalue weighted by Crippen LogP contribution is 2.34. The van der Waals surface area contributed by atoms with Crippen LogP contribution in [0.5, 0.6) is 0 Å². The molecular formula is C25H31ClN6O6S. The summed E-state index contributed by atoms with van der Waals surface area (Å²) in [6.45, 7) is 3.59. The normalized spacial score (nSPS) is 17.7. The summed E-state index contributed by atoms with van der Waals surface area (Å²) in [4.78, 5) is 27.7. The summed E-state index contributed by atoms with van der Waals surface area (Å²) >= 11 is 6.06. The number of β-amino-alcohol motifs (C(OH)–C–C–N with tert-alkyl or cyclic N) is 1. The highest BCUT2D eigenvalue weighted by atomic mass is 35.5. The Morgan fingerprint density at radius 2 is 1.82 bits per heavy atom. The van der Waals surface area contributed by atoms with E-state index in [0.717, 1.165) is 4.31 Å². The first-order valence-corrected chi connectivity index (χ1v) is 13.9. The molecule has 2 aromatic carbocycles. The van der Waals surface area contributed by atoms with Gasteiger partial charge in [0.25, 0.3) is 0 Å². The minimum atomic E-state index is -3.91. The minimum Gasteiger partial charge on any atom is -0.466 e. The first-order chi connectivity index (χ1) is 18.4. The molecule has 0 radical (unpaired) electrons. The fraction of sp³-hybridized carbons (Fsp3) is 0.360. The lowest BCUT2D eigenvalue weighted by Gasteiger charge is -2.27. The number of hydrogen-bond acceptors (Lipinski definition) is 8. The zero-order chi connectivity index (χ0) is 28.8. The molecule has 0 spiro atoms. The largest absolute Gasteiger partial charge is 0.466 e. The maximum absolute atomic E-state index is 12.7. The summed E-state index contributed by atoms with van der Waals surface area (Å²) < 4.78 is 33.6. The predicted molar refractivity (Wildman–Crippen MR) is 149 cm³/mol. The first kappa shape index (κ1) is 30.0. The third-order valence-corrected chi connectivity index (χ3v) is 7.67. The third kappa shape index (κ3) is 7.12. The second kappa shape index (κ2) is 12.6. The van der Waals surface area contributed by atoms with Gasteiger partial charge in [-0.1, -0.05) is 42.8 Å². The van der Waals surface area contributed by atoms with Gasteiger partial charge >= 0.3 is 16.2 Å². The average Bonchev–Trinajstić information content (AvgIpc) is 3.25. The number of halogens is 1. The molecule has 1 amide bonds. The van der Waals surface area contributed by atoms with Crippen molar-refractivity contribution < 1.29 is 27.9 Å². The van der Waals surface area contributed by atoms with Crippen LogP contribution in [0.2, 0.25) is 5.02 Å². The van der Waals surface area contributed by atoms with Crippen LogP contribution in [0, 0.1) is 0 Å². The van der Waals surface area contributed by atoms with E-state index in [1.165, 1.54) is 19.1 Å². The van der Waals surface area contributed by atoms with Gasteiger partial charge in [-0.15, -0.1) is 0 Å². The average molecular weight is 579 g/mol. The molecule has 0 saturated carbocycles. The zero-order valence-corrected chi connectivity index (χ0v) is 23.6. The Bertz CT molecular complexity index is 1360. The van der Waals surface area contributed by atoms with Gasteiger partial charge in [0.1, 0.15) is 12.1 Å². The summed E-state index contributed by atoms with van der Waals surface area (Å²) in [6, 6.07) is 13.0. The topological polar surface area (TPSA) is 153 Å². The van der Waals surface area contributed by atoms with E-state index in [9.17, 15) is 23.1 Å². The molecule has 0 fully saturated rings. The van der Waals surface area contributed by atoms with Crippen LogP contribution in [0.25, 0.3) is 0 Å². The van der Waals surface area contributed by atoms with E-state index in [4.69, 9.17) is 16.3 Å². The van der Waals surface area contributed by atoms with Crippen LogP contribution in [0.1, 0.15) is 31.4 Å². The second-order valence-corrected chi connectivity index (χ2v) is 10.8. The van der Waals surface area contributed by atoms with Gasteiger partial charge in [0.2, 0.25) is 11.9 Å². The first-order valence-electron chi connectivity index (χ1n) is 12.0. The summed E-state index contributed by atoms with van der Waals surface area (Å²) in [7, 11) is -1.08. The smallest absolute Gasteiger partial charge is 0.315 e. The number of ether oxygens (including phenoxy) is 1. The van der Waals surface area contributed by atoms with Crippen LogP contribution in [0.3, 0.4) is 0 Å². The Morgan fingerprint density at radius 3 is 2.38 bits per heavy atom. The highest BCUT2D eigenvalue weighted by molar-refractivity contribution is 7.87. The number of anilines is 1. The Morgan fingerprint density at radius 1 is 1.18 bits per heavy atom. The molecule has 0 bridgehead atoms. The van der Waals surface area contributed by atoms with Crippen LogP contribution in [0.15, 0.2) is 58.6 Å². The summed E-state index contributed by atoms with van der Waals surface area (Å²) in [6.07, 6.45) is -0.426.